The molecule has 1 N–H and O–H groups in total. The predicted octanol–water partition coefficient (Wildman–Crippen LogP) is -3.24. The summed E-state index contributed by atoms with van der Waals surface area (Å²) in [7, 11) is -0.329. The summed E-state index contributed by atoms with van der Waals surface area (Å²) in [5.74, 6) is 0. The van der Waals surface area contributed by atoms with Crippen molar-refractivity contribution < 1.29 is 46.5 Å². The van der Waals surface area contributed by atoms with Gasteiger partial charge < -0.3 is 29.8 Å². The molecular formula is C19H23Cl2NSiTi. The number of hydrogen-bond acceptors (Lipinski definition) is 0. The van der Waals surface area contributed by atoms with Crippen LogP contribution in [-0.2, 0) is 27.1 Å². The Morgan fingerprint density at radius 3 is 2.04 bits per heavy atom. The zero-order valence-electron chi connectivity index (χ0n) is 14.8. The quantitative estimate of drug-likeness (QED) is 0.346. The van der Waals surface area contributed by atoms with E-state index in [9.17, 15) is 0 Å². The van der Waals surface area contributed by atoms with Crippen LogP contribution in [0.1, 0.15) is 26.3 Å². The molecule has 0 spiro atoms. The topological polar surface area (TPSA) is 15.8 Å². The van der Waals surface area contributed by atoms with Crippen LogP contribution < -0.4 is 35.3 Å². The minimum atomic E-state index is -0.329. The molecule has 24 heavy (non-hydrogen) atoms. The van der Waals surface area contributed by atoms with E-state index in [1.54, 1.807) is 0 Å². The van der Waals surface area contributed by atoms with E-state index in [2.05, 4.69) is 87.5 Å². The molecule has 0 bridgehead atoms. The molecule has 1 aliphatic rings. The van der Waals surface area contributed by atoms with Crippen LogP contribution in [0.2, 0.25) is 13.1 Å². The van der Waals surface area contributed by atoms with Gasteiger partial charge in [-0.25, -0.2) is 0 Å². The molecule has 0 saturated carbocycles. The maximum absolute atomic E-state index is 3.44. The molecule has 1 nitrogen and oxygen atoms in total. The third kappa shape index (κ3) is 7.25. The van der Waals surface area contributed by atoms with Gasteiger partial charge in [-0.05, 0) is 13.8 Å². The standard InChI is InChI=1S/C11H11Si.C8H12N.2ClH.Ti/c1-12(2)11-7-9-5-3-4-6-10(9)8-11;1-8(2,3)7-4-5-9-6-7;;;/h3-7H,1-2H3;4-5,9H,1-3H3;2*1H;/q2*-1;;;+4/p-2. The summed E-state index contributed by atoms with van der Waals surface area (Å²) in [5, 5.41) is 4.01. The van der Waals surface area contributed by atoms with Crippen molar-refractivity contribution >= 4 is 25.7 Å². The van der Waals surface area contributed by atoms with Crippen molar-refractivity contribution in [2.45, 2.75) is 39.3 Å². The fourth-order valence-electron chi connectivity index (χ4n) is 2.07. The van der Waals surface area contributed by atoms with Gasteiger partial charge in [-0.3, -0.25) is 0 Å². The molecular weight excluding hydrogens is 389 g/mol. The second kappa shape index (κ2) is 11.3. The minimum absolute atomic E-state index is 0. The van der Waals surface area contributed by atoms with Crippen LogP contribution in [0, 0.1) is 6.20 Å². The fraction of sp³-hybridized carbons (Fsp3) is 0.316. The van der Waals surface area contributed by atoms with Gasteiger partial charge in [-0.2, -0.15) is 23.6 Å². The van der Waals surface area contributed by atoms with Crippen molar-refractivity contribution in [1.82, 2.24) is 4.98 Å². The van der Waals surface area contributed by atoms with E-state index in [-0.39, 0.29) is 60.4 Å². The zero-order chi connectivity index (χ0) is 15.5. The number of aromatic nitrogens is 1. The van der Waals surface area contributed by atoms with Crippen LogP contribution in [0.4, 0.5) is 0 Å². The van der Waals surface area contributed by atoms with Crippen LogP contribution in [0.3, 0.4) is 0 Å². The number of H-pyrrole nitrogens is 1. The summed E-state index contributed by atoms with van der Waals surface area (Å²) >= 11 is 0. The molecule has 1 aromatic carbocycles. The summed E-state index contributed by atoms with van der Waals surface area (Å²) in [6, 6.07) is 10.5. The van der Waals surface area contributed by atoms with E-state index in [0.717, 1.165) is 0 Å². The maximum atomic E-state index is 3.44. The Labute approximate surface area is 174 Å². The van der Waals surface area contributed by atoms with Crippen molar-refractivity contribution in [3.63, 3.8) is 0 Å². The average molecular weight is 412 g/mol. The van der Waals surface area contributed by atoms with Gasteiger partial charge in [0.1, 0.15) is 0 Å². The van der Waals surface area contributed by atoms with Crippen molar-refractivity contribution in [3.05, 3.63) is 58.7 Å². The van der Waals surface area contributed by atoms with E-state index in [1.165, 1.54) is 21.2 Å². The number of rotatable bonds is 0. The van der Waals surface area contributed by atoms with Gasteiger partial charge in [0.15, 0.2) is 0 Å². The molecule has 0 radical (unpaired) electrons. The molecule has 0 aliphatic heterocycles. The van der Waals surface area contributed by atoms with Crippen LogP contribution in [0.15, 0.2) is 36.5 Å². The van der Waals surface area contributed by atoms with Gasteiger partial charge in [0.2, 0.25) is 0 Å². The molecule has 1 aliphatic carbocycles. The molecule has 0 amide bonds. The Morgan fingerprint density at radius 1 is 1.00 bits per heavy atom. The van der Waals surface area contributed by atoms with Crippen molar-refractivity contribution in [3.8, 4) is 0 Å². The van der Waals surface area contributed by atoms with Crippen LogP contribution in [0.25, 0.3) is 12.2 Å². The Hall–Kier alpha value is -0.379. The zero-order valence-corrected chi connectivity index (χ0v) is 18.9. The van der Waals surface area contributed by atoms with Crippen molar-refractivity contribution in [1.29, 1.82) is 0 Å². The minimum Gasteiger partial charge on any atom is -1.00 e. The monoisotopic (exact) mass is 411 g/mol. The second-order valence-corrected chi connectivity index (χ2v) is 9.08. The number of aromatic amines is 1. The van der Waals surface area contributed by atoms with Gasteiger partial charge in [0.05, 0.1) is 0 Å². The molecule has 2 aromatic rings. The molecule has 0 unspecified atom stereocenters. The average Bonchev–Trinajstić information content (AvgIpc) is 3.08. The van der Waals surface area contributed by atoms with E-state index in [4.69, 9.17) is 0 Å². The third-order valence-electron chi connectivity index (χ3n) is 3.42. The number of halogens is 2. The van der Waals surface area contributed by atoms with Crippen LogP contribution >= 0.6 is 0 Å². The van der Waals surface area contributed by atoms with Crippen molar-refractivity contribution in [2.75, 3.05) is 0 Å². The van der Waals surface area contributed by atoms with E-state index in [0.29, 0.717) is 0 Å². The maximum Gasteiger partial charge on any atom is 4.00 e. The first-order chi connectivity index (χ1) is 9.88. The summed E-state index contributed by atoms with van der Waals surface area (Å²) in [5.41, 5.74) is 1.47. The second-order valence-electron chi connectivity index (χ2n) is 6.54. The predicted molar refractivity (Wildman–Crippen MR) is 94.4 cm³/mol. The number of hydrogen-bond donors (Lipinski definition) is 1. The smallest absolute Gasteiger partial charge is 1.00 e. The Bertz CT molecular complexity index is 718. The summed E-state index contributed by atoms with van der Waals surface area (Å²) in [6.45, 7) is 11.1. The molecule has 0 saturated heterocycles. The Morgan fingerprint density at radius 2 is 1.62 bits per heavy atom. The SMILES string of the molecule is CC(C)(C)c1[c-][nH]cc1.C[Si](C)=C1[C-]=c2ccccc2=C1.[Cl-].[Cl-].[Ti+4]. The molecule has 0 fully saturated rings. The Kier molecular flexibility index (Phi) is 12.2. The summed E-state index contributed by atoms with van der Waals surface area (Å²) in [4.78, 5) is 2.91. The number of nitrogens with one attached hydrogen (secondary N) is 1. The first kappa shape index (κ1) is 25.9. The van der Waals surface area contributed by atoms with Gasteiger partial charge in [-0.15, -0.1) is 46.4 Å². The molecule has 126 valence electrons. The summed E-state index contributed by atoms with van der Waals surface area (Å²) in [6.07, 6.45) is 10.7. The molecule has 0 atom stereocenters. The normalized spacial score (nSPS) is 11.1. The van der Waals surface area contributed by atoms with E-state index < -0.39 is 0 Å². The molecule has 1 aromatic heterocycles. The van der Waals surface area contributed by atoms with Gasteiger partial charge in [-0.1, -0.05) is 39.9 Å². The first-order valence-electron chi connectivity index (χ1n) is 7.32. The summed E-state index contributed by atoms with van der Waals surface area (Å²) < 4.78 is 0. The number of fused-ring (bicyclic) bond motifs is 1. The number of benzene rings is 1. The van der Waals surface area contributed by atoms with Crippen LogP contribution in [0.5, 0.6) is 0 Å². The molecule has 1 heterocycles. The van der Waals surface area contributed by atoms with E-state index in [1.807, 2.05) is 6.20 Å². The van der Waals surface area contributed by atoms with Crippen molar-refractivity contribution in [2.24, 2.45) is 0 Å². The Balaban J connectivity index is 0. The van der Waals surface area contributed by atoms with Gasteiger partial charge >= 0.3 is 21.7 Å². The fourth-order valence-corrected chi connectivity index (χ4v) is 2.90. The van der Waals surface area contributed by atoms with E-state index >= 15 is 0 Å². The van der Waals surface area contributed by atoms with Gasteiger partial charge in [0.25, 0.3) is 0 Å². The molecule has 3 rings (SSSR count). The molecule has 5 heteroatoms. The van der Waals surface area contributed by atoms with Gasteiger partial charge in [0, 0.05) is 0 Å². The largest absolute Gasteiger partial charge is 4.00 e. The van der Waals surface area contributed by atoms with Crippen LogP contribution in [-0.4, -0.2) is 18.6 Å². The third-order valence-corrected chi connectivity index (χ3v) is 4.76. The first-order valence-corrected chi connectivity index (χ1v) is 9.82.